The maximum atomic E-state index is 12.5. The van der Waals surface area contributed by atoms with E-state index in [1.165, 1.54) is 12.4 Å². The average molecular weight is 347 g/mol. The predicted octanol–water partition coefficient (Wildman–Crippen LogP) is 3.99. The number of methoxy groups -OCH3 is 1. The summed E-state index contributed by atoms with van der Waals surface area (Å²) in [6, 6.07) is 16.0. The molecular formula is C21H21N3O2. The summed E-state index contributed by atoms with van der Waals surface area (Å²) in [5.41, 5.74) is 3.50. The summed E-state index contributed by atoms with van der Waals surface area (Å²) in [5.74, 6) is 0.683. The highest BCUT2D eigenvalue weighted by atomic mass is 16.5. The fourth-order valence-corrected chi connectivity index (χ4v) is 2.81. The van der Waals surface area contributed by atoms with Crippen molar-refractivity contribution >= 4 is 5.91 Å². The molecule has 0 bridgehead atoms. The van der Waals surface area contributed by atoms with Gasteiger partial charge in [0.25, 0.3) is 5.91 Å². The Hall–Kier alpha value is -3.21. The van der Waals surface area contributed by atoms with Crippen LogP contribution in [-0.4, -0.2) is 34.9 Å². The highest BCUT2D eigenvalue weighted by molar-refractivity contribution is 5.92. The minimum Gasteiger partial charge on any atom is -0.496 e. The molecule has 0 spiro atoms. The maximum absolute atomic E-state index is 12.5. The molecule has 0 saturated carbocycles. The number of amides is 1. The van der Waals surface area contributed by atoms with Crippen LogP contribution in [0.25, 0.3) is 11.1 Å². The number of benzene rings is 2. The van der Waals surface area contributed by atoms with E-state index in [1.807, 2.05) is 55.5 Å². The minimum atomic E-state index is -0.153. The summed E-state index contributed by atoms with van der Waals surface area (Å²) in [6.07, 6.45) is 4.56. The summed E-state index contributed by atoms with van der Waals surface area (Å²) in [5, 5.41) is 0. The van der Waals surface area contributed by atoms with Crippen LogP contribution < -0.4 is 4.74 Å². The van der Waals surface area contributed by atoms with Crippen molar-refractivity contribution in [3.63, 3.8) is 0 Å². The number of carbonyl (C=O) groups excluding carboxylic acids is 1. The third-order valence-corrected chi connectivity index (χ3v) is 4.49. The third kappa shape index (κ3) is 3.57. The number of aromatic nitrogens is 2. The van der Waals surface area contributed by atoms with Gasteiger partial charge in [-0.25, -0.2) is 4.98 Å². The molecule has 1 atom stereocenters. The molecule has 1 aromatic heterocycles. The maximum Gasteiger partial charge on any atom is 0.274 e. The van der Waals surface area contributed by atoms with Crippen molar-refractivity contribution in [1.82, 2.24) is 14.9 Å². The third-order valence-electron chi connectivity index (χ3n) is 4.49. The molecule has 5 heteroatoms. The van der Waals surface area contributed by atoms with E-state index in [4.69, 9.17) is 4.74 Å². The van der Waals surface area contributed by atoms with Crippen LogP contribution >= 0.6 is 0 Å². The van der Waals surface area contributed by atoms with E-state index in [-0.39, 0.29) is 11.9 Å². The molecule has 0 unspecified atom stereocenters. The highest BCUT2D eigenvalue weighted by Crippen LogP contribution is 2.31. The fraction of sp³-hybridized carbons (Fsp3) is 0.190. The van der Waals surface area contributed by atoms with Gasteiger partial charge >= 0.3 is 0 Å². The Morgan fingerprint density at radius 3 is 2.46 bits per heavy atom. The number of rotatable bonds is 5. The van der Waals surface area contributed by atoms with Gasteiger partial charge in [-0.3, -0.25) is 9.78 Å². The molecule has 2 aromatic carbocycles. The Morgan fingerprint density at radius 2 is 1.81 bits per heavy atom. The van der Waals surface area contributed by atoms with Crippen LogP contribution in [0, 0.1) is 0 Å². The first-order valence-electron chi connectivity index (χ1n) is 8.38. The summed E-state index contributed by atoms with van der Waals surface area (Å²) >= 11 is 0. The molecule has 3 aromatic rings. The quantitative estimate of drug-likeness (QED) is 0.700. The van der Waals surface area contributed by atoms with Crippen LogP contribution in [0.15, 0.2) is 67.1 Å². The van der Waals surface area contributed by atoms with E-state index in [9.17, 15) is 4.79 Å². The van der Waals surface area contributed by atoms with E-state index < -0.39 is 0 Å². The lowest BCUT2D eigenvalue weighted by atomic mass is 10.00. The molecule has 5 nitrogen and oxygen atoms in total. The zero-order valence-corrected chi connectivity index (χ0v) is 15.1. The average Bonchev–Trinajstić information content (AvgIpc) is 2.73. The first-order valence-corrected chi connectivity index (χ1v) is 8.38. The molecule has 1 amide bonds. The zero-order valence-electron chi connectivity index (χ0n) is 15.1. The second-order valence-electron chi connectivity index (χ2n) is 6.00. The molecule has 26 heavy (non-hydrogen) atoms. The Balaban J connectivity index is 1.80. The number of hydrogen-bond acceptors (Lipinski definition) is 4. The van der Waals surface area contributed by atoms with Gasteiger partial charge in [0, 0.05) is 25.0 Å². The number of carbonyl (C=O) groups is 1. The van der Waals surface area contributed by atoms with Gasteiger partial charge < -0.3 is 9.64 Å². The molecule has 0 aliphatic carbocycles. The number of hydrogen-bond donors (Lipinski definition) is 0. The lowest BCUT2D eigenvalue weighted by Crippen LogP contribution is -2.30. The van der Waals surface area contributed by atoms with Crippen LogP contribution in [0.4, 0.5) is 0 Å². The first-order chi connectivity index (χ1) is 12.6. The SMILES string of the molecule is COc1ccccc1-c1ccc([C@@H](C)N(C)C(=O)c2cnccn2)cc1. The van der Waals surface area contributed by atoms with Crippen LogP contribution in [0.3, 0.4) is 0 Å². The molecule has 132 valence electrons. The van der Waals surface area contributed by atoms with Crippen molar-refractivity contribution in [1.29, 1.82) is 0 Å². The van der Waals surface area contributed by atoms with E-state index in [2.05, 4.69) is 9.97 Å². The van der Waals surface area contributed by atoms with Gasteiger partial charge in [0.15, 0.2) is 0 Å². The van der Waals surface area contributed by atoms with Crippen molar-refractivity contribution in [2.24, 2.45) is 0 Å². The van der Waals surface area contributed by atoms with E-state index >= 15 is 0 Å². The zero-order chi connectivity index (χ0) is 18.5. The normalized spacial score (nSPS) is 11.7. The second kappa shape index (κ2) is 7.78. The van der Waals surface area contributed by atoms with Crippen LogP contribution in [0.2, 0.25) is 0 Å². The second-order valence-corrected chi connectivity index (χ2v) is 6.00. The standard InChI is InChI=1S/C21H21N3O2/c1-15(24(2)21(25)19-14-22-12-13-23-19)16-8-10-17(11-9-16)18-6-4-5-7-20(18)26-3/h4-15H,1-3H3/t15-/m1/s1. The summed E-state index contributed by atoms with van der Waals surface area (Å²) in [4.78, 5) is 22.2. The summed E-state index contributed by atoms with van der Waals surface area (Å²) in [6.45, 7) is 1.99. The lowest BCUT2D eigenvalue weighted by Gasteiger charge is -2.25. The van der Waals surface area contributed by atoms with Crippen molar-refractivity contribution in [3.05, 3.63) is 78.4 Å². The van der Waals surface area contributed by atoms with Gasteiger partial charge in [-0.2, -0.15) is 0 Å². The summed E-state index contributed by atoms with van der Waals surface area (Å²) in [7, 11) is 3.44. The van der Waals surface area contributed by atoms with Crippen molar-refractivity contribution < 1.29 is 9.53 Å². The lowest BCUT2D eigenvalue weighted by molar-refractivity contribution is 0.0736. The van der Waals surface area contributed by atoms with Gasteiger partial charge in [0.1, 0.15) is 11.4 Å². The van der Waals surface area contributed by atoms with Gasteiger partial charge in [-0.1, -0.05) is 42.5 Å². The number of ether oxygens (including phenoxy) is 1. The summed E-state index contributed by atoms with van der Waals surface area (Å²) < 4.78 is 5.43. The van der Waals surface area contributed by atoms with Crippen molar-refractivity contribution in [2.45, 2.75) is 13.0 Å². The molecular weight excluding hydrogens is 326 g/mol. The van der Waals surface area contributed by atoms with Gasteiger partial charge in [-0.05, 0) is 24.1 Å². The smallest absolute Gasteiger partial charge is 0.274 e. The van der Waals surface area contributed by atoms with Crippen LogP contribution in [0.5, 0.6) is 5.75 Å². The topological polar surface area (TPSA) is 55.3 Å². The van der Waals surface area contributed by atoms with Gasteiger partial charge in [0.05, 0.1) is 19.3 Å². The molecule has 0 radical (unpaired) electrons. The molecule has 0 fully saturated rings. The Kier molecular flexibility index (Phi) is 5.27. The Bertz CT molecular complexity index is 879. The number of nitrogens with zero attached hydrogens (tertiary/aromatic N) is 3. The molecule has 0 N–H and O–H groups in total. The molecule has 3 rings (SSSR count). The molecule has 0 aliphatic rings. The Labute approximate surface area is 153 Å². The largest absolute Gasteiger partial charge is 0.496 e. The fourth-order valence-electron chi connectivity index (χ4n) is 2.81. The molecule has 0 saturated heterocycles. The van der Waals surface area contributed by atoms with Crippen LogP contribution in [-0.2, 0) is 0 Å². The van der Waals surface area contributed by atoms with Crippen LogP contribution in [0.1, 0.15) is 29.0 Å². The van der Waals surface area contributed by atoms with E-state index in [1.54, 1.807) is 25.3 Å². The van der Waals surface area contributed by atoms with E-state index in [0.717, 1.165) is 22.4 Å². The van der Waals surface area contributed by atoms with Gasteiger partial charge in [0.2, 0.25) is 0 Å². The predicted molar refractivity (Wildman–Crippen MR) is 101 cm³/mol. The van der Waals surface area contributed by atoms with Crippen molar-refractivity contribution in [2.75, 3.05) is 14.2 Å². The molecule has 1 heterocycles. The Morgan fingerprint density at radius 1 is 1.08 bits per heavy atom. The monoisotopic (exact) mass is 347 g/mol. The van der Waals surface area contributed by atoms with Gasteiger partial charge in [-0.15, -0.1) is 0 Å². The molecule has 0 aliphatic heterocycles. The van der Waals surface area contributed by atoms with Crippen molar-refractivity contribution in [3.8, 4) is 16.9 Å². The highest BCUT2D eigenvalue weighted by Gasteiger charge is 2.20. The van der Waals surface area contributed by atoms with E-state index in [0.29, 0.717) is 5.69 Å². The number of para-hydroxylation sites is 1. The first kappa shape index (κ1) is 17.6. The minimum absolute atomic E-state index is 0.0868.